The van der Waals surface area contributed by atoms with Crippen LogP contribution in [0.3, 0.4) is 0 Å². The third kappa shape index (κ3) is 6.66. The van der Waals surface area contributed by atoms with Crippen LogP contribution in [0.4, 0.5) is 5.69 Å². The summed E-state index contributed by atoms with van der Waals surface area (Å²) >= 11 is 2.16. The molecule has 0 aliphatic rings. The second-order valence-corrected chi connectivity index (χ2v) is 11.2. The second kappa shape index (κ2) is 11.6. The molecule has 0 spiro atoms. The molecule has 2 N–H and O–H groups in total. The van der Waals surface area contributed by atoms with Crippen LogP contribution < -0.4 is 16.0 Å². The zero-order valence-electron chi connectivity index (χ0n) is 20.5. The average molecular weight is 641 g/mol. The number of benzene rings is 1. The van der Waals surface area contributed by atoms with E-state index in [1.165, 1.54) is 4.57 Å². The number of imidazole rings is 1. The van der Waals surface area contributed by atoms with Crippen LogP contribution in [0.15, 0.2) is 38.4 Å². The summed E-state index contributed by atoms with van der Waals surface area (Å²) < 4.78 is 34.1. The van der Waals surface area contributed by atoms with Gasteiger partial charge in [-0.3, -0.25) is 18.7 Å². The smallest absolute Gasteiger partial charge is 0.332 e. The van der Waals surface area contributed by atoms with Gasteiger partial charge in [0, 0.05) is 31.6 Å². The Hall–Kier alpha value is -3.01. The van der Waals surface area contributed by atoms with E-state index < -0.39 is 10.0 Å². The zero-order valence-corrected chi connectivity index (χ0v) is 23.5. The molecule has 0 radical (unpaired) electrons. The topological polar surface area (TPSA) is 158 Å². The van der Waals surface area contributed by atoms with Gasteiger partial charge >= 0.3 is 5.69 Å². The molecule has 0 aliphatic heterocycles. The van der Waals surface area contributed by atoms with Gasteiger partial charge in [0.1, 0.15) is 11.3 Å². The Balaban J connectivity index is 1.46. The minimum absolute atomic E-state index is 0.204. The molecule has 4 rings (SSSR count). The highest BCUT2D eigenvalue weighted by molar-refractivity contribution is 14.1. The van der Waals surface area contributed by atoms with E-state index in [1.54, 1.807) is 22.8 Å². The van der Waals surface area contributed by atoms with Gasteiger partial charge in [0.2, 0.25) is 15.9 Å². The highest BCUT2D eigenvalue weighted by Crippen LogP contribution is 2.15. The summed E-state index contributed by atoms with van der Waals surface area (Å²) in [5.41, 5.74) is 1.27. The van der Waals surface area contributed by atoms with E-state index in [-0.39, 0.29) is 17.8 Å². The molecule has 0 aliphatic carbocycles. The second-order valence-electron chi connectivity index (χ2n) is 8.72. The van der Waals surface area contributed by atoms with Crippen molar-refractivity contribution >= 4 is 49.5 Å². The molecule has 37 heavy (non-hydrogen) atoms. The van der Waals surface area contributed by atoms with Gasteiger partial charge in [-0.1, -0.05) is 53.2 Å². The molecule has 12 nitrogen and oxygen atoms in total. The number of aromatic amines is 1. The van der Waals surface area contributed by atoms with E-state index in [2.05, 4.69) is 47.4 Å². The SMILES string of the molecule is CCCCn1c(=O)n(CCCc2nc(Cc3cccc(NS(C)(=O)=O)c3)no2)c(=O)c2[nH]c(CI)nc21. The van der Waals surface area contributed by atoms with Crippen molar-refractivity contribution in [2.75, 3.05) is 11.0 Å². The Bertz CT molecular complexity index is 1620. The normalized spacial score (nSPS) is 11.9. The Labute approximate surface area is 226 Å². The molecule has 0 atom stereocenters. The van der Waals surface area contributed by atoms with Crippen molar-refractivity contribution in [3.63, 3.8) is 0 Å². The molecule has 0 saturated carbocycles. The van der Waals surface area contributed by atoms with E-state index in [1.807, 2.05) is 13.0 Å². The maximum Gasteiger partial charge on any atom is 0.332 e. The van der Waals surface area contributed by atoms with Crippen LogP contribution in [0.5, 0.6) is 0 Å². The molecule has 3 heterocycles. The highest BCUT2D eigenvalue weighted by atomic mass is 127. The lowest BCUT2D eigenvalue weighted by Gasteiger charge is -2.10. The minimum Gasteiger partial charge on any atom is -0.339 e. The molecule has 14 heteroatoms. The van der Waals surface area contributed by atoms with Gasteiger partial charge in [-0.15, -0.1) is 0 Å². The van der Waals surface area contributed by atoms with Crippen LogP contribution >= 0.6 is 22.6 Å². The number of nitrogens with zero attached hydrogens (tertiary/aromatic N) is 5. The maximum absolute atomic E-state index is 13.1. The number of alkyl halides is 1. The number of anilines is 1. The number of sulfonamides is 1. The molecular formula is C23H28IN7O5S. The van der Waals surface area contributed by atoms with Crippen molar-refractivity contribution < 1.29 is 12.9 Å². The summed E-state index contributed by atoms with van der Waals surface area (Å²) in [6, 6.07) is 6.96. The fraction of sp³-hybridized carbons (Fsp3) is 0.435. The van der Waals surface area contributed by atoms with Crippen LogP contribution in [0.25, 0.3) is 11.2 Å². The summed E-state index contributed by atoms with van der Waals surface area (Å²) in [4.78, 5) is 38.1. The standard InChI is InChI=1S/C23H28IN7O5S/c1-3-4-10-30-21-20(26-18(14-24)27-21)22(32)31(23(30)33)11-6-9-19-25-17(28-36-19)13-15-7-5-8-16(12-15)29-37(2,34)35/h5,7-8,12,29H,3-4,6,9-11,13-14H2,1-2H3,(H,26,27). The first-order valence-corrected chi connectivity index (χ1v) is 15.3. The van der Waals surface area contributed by atoms with Gasteiger partial charge < -0.3 is 9.51 Å². The summed E-state index contributed by atoms with van der Waals surface area (Å²) in [7, 11) is -3.38. The summed E-state index contributed by atoms with van der Waals surface area (Å²) in [5, 5.41) is 4.00. The Kier molecular flexibility index (Phi) is 8.46. The number of unbranched alkanes of at least 4 members (excludes halogenated alkanes) is 1. The first-order chi connectivity index (χ1) is 17.7. The molecule has 4 aromatic rings. The largest absolute Gasteiger partial charge is 0.339 e. The van der Waals surface area contributed by atoms with Crippen molar-refractivity contribution in [2.24, 2.45) is 0 Å². The highest BCUT2D eigenvalue weighted by Gasteiger charge is 2.17. The monoisotopic (exact) mass is 641 g/mol. The molecule has 1 aromatic carbocycles. The van der Waals surface area contributed by atoms with Gasteiger partial charge in [0.25, 0.3) is 5.56 Å². The molecule has 0 unspecified atom stereocenters. The lowest BCUT2D eigenvalue weighted by Crippen LogP contribution is -2.40. The average Bonchev–Trinajstić information content (AvgIpc) is 3.47. The van der Waals surface area contributed by atoms with Gasteiger partial charge in [-0.25, -0.2) is 18.2 Å². The molecule has 3 aromatic heterocycles. The molecule has 0 saturated heterocycles. The fourth-order valence-corrected chi connectivity index (χ4v) is 4.90. The third-order valence-electron chi connectivity index (χ3n) is 5.65. The molecular weight excluding hydrogens is 613 g/mol. The molecule has 0 fully saturated rings. The first kappa shape index (κ1) is 27.0. The van der Waals surface area contributed by atoms with Crippen molar-refractivity contribution in [2.45, 2.75) is 56.5 Å². The number of hydrogen-bond donors (Lipinski definition) is 2. The predicted octanol–water partition coefficient (Wildman–Crippen LogP) is 2.60. The van der Waals surface area contributed by atoms with E-state index in [0.29, 0.717) is 64.6 Å². The maximum atomic E-state index is 13.1. The fourth-order valence-electron chi connectivity index (χ4n) is 3.99. The first-order valence-electron chi connectivity index (χ1n) is 11.8. The van der Waals surface area contributed by atoms with Gasteiger partial charge in [-0.05, 0) is 30.5 Å². The summed E-state index contributed by atoms with van der Waals surface area (Å²) in [6.45, 7) is 2.74. The van der Waals surface area contributed by atoms with E-state index >= 15 is 0 Å². The van der Waals surface area contributed by atoms with Crippen LogP contribution in [0.2, 0.25) is 0 Å². The number of aryl methyl sites for hydroxylation is 2. The van der Waals surface area contributed by atoms with Gasteiger partial charge in [0.05, 0.1) is 10.7 Å². The number of rotatable bonds is 12. The molecule has 0 bridgehead atoms. The van der Waals surface area contributed by atoms with Crippen LogP contribution in [0, 0.1) is 0 Å². The lowest BCUT2D eigenvalue weighted by molar-refractivity contribution is 0.367. The number of hydrogen-bond acceptors (Lipinski definition) is 8. The predicted molar refractivity (Wildman–Crippen MR) is 148 cm³/mol. The number of aromatic nitrogens is 6. The number of halogens is 1. The summed E-state index contributed by atoms with van der Waals surface area (Å²) in [5.74, 6) is 1.51. The van der Waals surface area contributed by atoms with E-state index in [4.69, 9.17) is 4.52 Å². The van der Waals surface area contributed by atoms with Gasteiger partial charge in [-0.2, -0.15) is 4.98 Å². The van der Waals surface area contributed by atoms with Crippen molar-refractivity contribution in [3.8, 4) is 0 Å². The minimum atomic E-state index is -3.38. The Morgan fingerprint density at radius 1 is 1.14 bits per heavy atom. The third-order valence-corrected chi connectivity index (χ3v) is 6.98. The van der Waals surface area contributed by atoms with Crippen LogP contribution in [0.1, 0.15) is 49.3 Å². The Morgan fingerprint density at radius 2 is 1.92 bits per heavy atom. The lowest BCUT2D eigenvalue weighted by atomic mass is 10.1. The van der Waals surface area contributed by atoms with Gasteiger partial charge in [0.15, 0.2) is 11.5 Å². The number of nitrogens with one attached hydrogen (secondary N) is 2. The summed E-state index contributed by atoms with van der Waals surface area (Å²) in [6.07, 6.45) is 4.02. The zero-order chi connectivity index (χ0) is 26.6. The number of fused-ring (bicyclic) bond motifs is 1. The quantitative estimate of drug-likeness (QED) is 0.177. The Morgan fingerprint density at radius 3 is 2.65 bits per heavy atom. The van der Waals surface area contributed by atoms with E-state index in [0.717, 1.165) is 24.7 Å². The van der Waals surface area contributed by atoms with E-state index in [9.17, 15) is 18.0 Å². The number of H-pyrrole nitrogens is 1. The molecule has 198 valence electrons. The van der Waals surface area contributed by atoms with Crippen molar-refractivity contribution in [1.82, 2.24) is 29.2 Å². The van der Waals surface area contributed by atoms with Crippen molar-refractivity contribution in [3.05, 3.63) is 68.2 Å². The van der Waals surface area contributed by atoms with Crippen LogP contribution in [-0.4, -0.2) is 43.9 Å². The van der Waals surface area contributed by atoms with Crippen molar-refractivity contribution in [1.29, 1.82) is 0 Å². The van der Waals surface area contributed by atoms with Crippen LogP contribution in [-0.2, 0) is 40.4 Å². The molecule has 0 amide bonds.